The van der Waals surface area contributed by atoms with Crippen molar-refractivity contribution in [2.24, 2.45) is 10.8 Å². The van der Waals surface area contributed by atoms with E-state index in [9.17, 15) is 33.6 Å². The number of fused-ring (bicyclic) bond motifs is 3. The van der Waals surface area contributed by atoms with Crippen molar-refractivity contribution >= 4 is 58.6 Å². The number of hydrogen-bond acceptors (Lipinski definition) is 10. The van der Waals surface area contributed by atoms with Crippen molar-refractivity contribution in [1.82, 2.24) is 47.0 Å². The predicted molar refractivity (Wildman–Crippen MR) is 315 cm³/mol. The standard InChI is InChI=1S/C63H83ClN10O7/c1-36(65-9)55(75)71-53(62(3,4)5)60(80)73-34-43-29-44(28-27-40(43)31-51(73)58(78)69-49-23-15-19-38-17-11-13-21-46(38)49)67-33-42-26-25-41(30-48(42)64)57(77)68-45-32-52(59(79)70-50-24-16-20-39-18-12-14-22-47(39)50)74(35-45)61(81)54(63(6,7)8)72-56(76)37(2)66-10/h11-14,17-18,21-22,25-30,36-37,45,49-54,65-67H,15-16,19-20,23-24,31-35H2,1-10H3,(H,68,77)(H,69,78)(H,70,79)(H,71,75)(H,72,76)/t36-,37-,45-,49+,50+,51-,52-,53+,54+/m0/s1. The lowest BCUT2D eigenvalue weighted by molar-refractivity contribution is -0.147. The number of rotatable bonds is 17. The van der Waals surface area contributed by atoms with Crippen LogP contribution in [-0.2, 0) is 61.1 Å². The Hall–Kier alpha value is -6.82. The number of hydrogen-bond donors (Lipinski definition) is 8. The Morgan fingerprint density at radius 1 is 0.617 bits per heavy atom. The van der Waals surface area contributed by atoms with Crippen LogP contribution in [0.1, 0.15) is 149 Å². The molecule has 2 aliphatic heterocycles. The number of nitrogens with one attached hydrogen (secondary N) is 8. The van der Waals surface area contributed by atoms with Crippen LogP contribution < -0.4 is 42.5 Å². The normalized spacial score (nSPS) is 21.1. The largest absolute Gasteiger partial charge is 0.381 e. The van der Waals surface area contributed by atoms with Crippen molar-refractivity contribution < 1.29 is 33.6 Å². The Labute approximate surface area is 482 Å². The second-order valence-electron chi connectivity index (χ2n) is 24.7. The molecule has 18 heteroatoms. The second-order valence-corrected chi connectivity index (χ2v) is 25.1. The summed E-state index contributed by atoms with van der Waals surface area (Å²) in [7, 11) is 3.35. The van der Waals surface area contributed by atoms with E-state index in [1.807, 2.05) is 90.1 Å². The van der Waals surface area contributed by atoms with Crippen LogP contribution in [0.4, 0.5) is 5.69 Å². The van der Waals surface area contributed by atoms with E-state index in [2.05, 4.69) is 60.7 Å². The quantitative estimate of drug-likeness (QED) is 0.0568. The highest BCUT2D eigenvalue weighted by atomic mass is 35.5. The molecule has 0 unspecified atom stereocenters. The van der Waals surface area contributed by atoms with Gasteiger partial charge in [0, 0.05) is 48.4 Å². The van der Waals surface area contributed by atoms with Crippen LogP contribution in [0.5, 0.6) is 0 Å². The molecule has 7 amide bonds. The van der Waals surface area contributed by atoms with Gasteiger partial charge in [-0.1, -0.05) is 114 Å². The number of benzene rings is 4. The van der Waals surface area contributed by atoms with Crippen LogP contribution in [0, 0.1) is 10.8 Å². The molecule has 0 saturated carbocycles. The van der Waals surface area contributed by atoms with Crippen molar-refractivity contribution in [2.45, 2.75) is 174 Å². The Morgan fingerprint density at radius 2 is 1.15 bits per heavy atom. The number of aryl methyl sites for hydroxylation is 2. The van der Waals surface area contributed by atoms with E-state index in [1.165, 1.54) is 16.0 Å². The molecule has 0 aromatic heterocycles. The highest BCUT2D eigenvalue weighted by Crippen LogP contribution is 2.35. The molecule has 2 heterocycles. The summed E-state index contributed by atoms with van der Waals surface area (Å²) in [6.45, 7) is 15.2. The summed E-state index contributed by atoms with van der Waals surface area (Å²) in [6, 6.07) is 21.4. The minimum absolute atomic E-state index is 0.0450. The van der Waals surface area contributed by atoms with Crippen LogP contribution in [0.2, 0.25) is 5.02 Å². The van der Waals surface area contributed by atoms with E-state index in [0.29, 0.717) is 22.7 Å². The Kier molecular flexibility index (Phi) is 19.0. The van der Waals surface area contributed by atoms with E-state index in [0.717, 1.165) is 66.5 Å². The van der Waals surface area contributed by atoms with Crippen LogP contribution >= 0.6 is 11.6 Å². The van der Waals surface area contributed by atoms with Gasteiger partial charge in [-0.15, -0.1) is 0 Å². The van der Waals surface area contributed by atoms with Crippen LogP contribution in [0.15, 0.2) is 84.9 Å². The third kappa shape index (κ3) is 14.1. The molecule has 9 atom stereocenters. The summed E-state index contributed by atoms with van der Waals surface area (Å²) in [4.78, 5) is 102. The first-order valence-electron chi connectivity index (χ1n) is 28.7. The molecular formula is C63H83ClN10O7. The first-order valence-corrected chi connectivity index (χ1v) is 29.1. The average Bonchev–Trinajstić information content (AvgIpc) is 4.02. The van der Waals surface area contributed by atoms with E-state index in [4.69, 9.17) is 11.6 Å². The summed E-state index contributed by atoms with van der Waals surface area (Å²) in [5.74, 6) is -2.41. The minimum atomic E-state index is -0.962. The molecule has 1 saturated heterocycles. The zero-order chi connectivity index (χ0) is 58.5. The fourth-order valence-electron chi connectivity index (χ4n) is 11.7. The SMILES string of the molecule is CN[C@@H](C)C(=O)N[C@H](C(=O)N1Cc2cc(NCc3ccc(C(=O)N[C@H]4C[C@@H](C(=O)N[C@@H]5CCCc6ccccc65)N(C(=O)[C@@H](NC(=O)[C@H](C)NC)C(C)(C)C)C4)cc3Cl)ccc2C[C@H]1C(=O)N[C@@H]1CCCc2ccccc21)C(C)(C)C. The Bertz CT molecular complexity index is 3010. The van der Waals surface area contributed by atoms with Gasteiger partial charge in [0.2, 0.25) is 35.4 Å². The number of halogens is 1. The van der Waals surface area contributed by atoms with E-state index >= 15 is 0 Å². The summed E-state index contributed by atoms with van der Waals surface area (Å²) in [6.07, 6.45) is 5.68. The smallest absolute Gasteiger partial charge is 0.251 e. The van der Waals surface area contributed by atoms with Gasteiger partial charge in [0.1, 0.15) is 24.2 Å². The van der Waals surface area contributed by atoms with E-state index in [1.54, 1.807) is 51.0 Å². The molecule has 2 aliphatic carbocycles. The van der Waals surface area contributed by atoms with Gasteiger partial charge in [-0.2, -0.15) is 0 Å². The fraction of sp³-hybridized carbons (Fsp3) is 0.508. The molecule has 4 aliphatic rings. The van der Waals surface area contributed by atoms with E-state index in [-0.39, 0.29) is 67.6 Å². The highest BCUT2D eigenvalue weighted by molar-refractivity contribution is 6.31. The molecule has 1 fully saturated rings. The monoisotopic (exact) mass is 1130 g/mol. The maximum atomic E-state index is 14.9. The van der Waals surface area contributed by atoms with Crippen molar-refractivity contribution in [3.8, 4) is 0 Å². The van der Waals surface area contributed by atoms with Crippen molar-refractivity contribution in [2.75, 3.05) is 26.0 Å². The molecule has 4 aromatic carbocycles. The highest BCUT2D eigenvalue weighted by Gasteiger charge is 2.47. The molecule has 0 bridgehead atoms. The Morgan fingerprint density at radius 3 is 1.68 bits per heavy atom. The zero-order valence-corrected chi connectivity index (χ0v) is 49.4. The molecule has 0 spiro atoms. The van der Waals surface area contributed by atoms with Gasteiger partial charge >= 0.3 is 0 Å². The molecule has 0 radical (unpaired) electrons. The molecule has 17 nitrogen and oxygen atoms in total. The van der Waals surface area contributed by atoms with Crippen LogP contribution in [-0.4, -0.2) is 114 Å². The lowest BCUT2D eigenvalue weighted by Crippen LogP contribution is -2.62. The summed E-state index contributed by atoms with van der Waals surface area (Å²) >= 11 is 6.93. The summed E-state index contributed by atoms with van der Waals surface area (Å²) < 4.78 is 0. The zero-order valence-electron chi connectivity index (χ0n) is 48.7. The van der Waals surface area contributed by atoms with Gasteiger partial charge in [0.15, 0.2) is 0 Å². The molecule has 81 heavy (non-hydrogen) atoms. The average molecular weight is 1130 g/mol. The fourth-order valence-corrected chi connectivity index (χ4v) is 11.9. The van der Waals surface area contributed by atoms with Crippen molar-refractivity contribution in [3.05, 3.63) is 134 Å². The van der Waals surface area contributed by atoms with Gasteiger partial charge in [-0.25, -0.2) is 0 Å². The van der Waals surface area contributed by atoms with Gasteiger partial charge in [-0.3, -0.25) is 33.6 Å². The van der Waals surface area contributed by atoms with E-state index < -0.39 is 64.9 Å². The van der Waals surface area contributed by atoms with Gasteiger partial charge in [0.25, 0.3) is 5.91 Å². The van der Waals surface area contributed by atoms with Gasteiger partial charge in [0.05, 0.1) is 24.2 Å². The number of amides is 7. The van der Waals surface area contributed by atoms with Crippen LogP contribution in [0.25, 0.3) is 0 Å². The lowest BCUT2D eigenvalue weighted by atomic mass is 9.83. The Balaban J connectivity index is 0.971. The first-order chi connectivity index (χ1) is 38.4. The first kappa shape index (κ1) is 60.3. The number of anilines is 1. The number of nitrogens with zero attached hydrogens (tertiary/aromatic N) is 2. The third-order valence-electron chi connectivity index (χ3n) is 16.8. The lowest BCUT2D eigenvalue weighted by Gasteiger charge is -2.42. The topological polar surface area (TPSA) is 222 Å². The van der Waals surface area contributed by atoms with Crippen LogP contribution in [0.3, 0.4) is 0 Å². The third-order valence-corrected chi connectivity index (χ3v) is 17.1. The number of carbonyl (C=O) groups excluding carboxylic acids is 7. The molecule has 8 rings (SSSR count). The van der Waals surface area contributed by atoms with Gasteiger partial charge < -0.3 is 52.3 Å². The number of likely N-dealkylation sites (N-methyl/N-ethyl adjacent to an activating group) is 2. The van der Waals surface area contributed by atoms with Crippen molar-refractivity contribution in [1.29, 1.82) is 0 Å². The summed E-state index contributed by atoms with van der Waals surface area (Å²) in [5, 5.41) is 25.2. The maximum absolute atomic E-state index is 14.9. The number of likely N-dealkylation sites (tertiary alicyclic amines) is 1. The maximum Gasteiger partial charge on any atom is 0.251 e. The van der Waals surface area contributed by atoms with Crippen molar-refractivity contribution in [3.63, 3.8) is 0 Å². The molecule has 4 aromatic rings. The molecule has 434 valence electrons. The van der Waals surface area contributed by atoms with Gasteiger partial charge in [-0.05, 0) is 147 Å². The molecular weight excluding hydrogens is 1040 g/mol. The second kappa shape index (κ2) is 25.5. The summed E-state index contributed by atoms with van der Waals surface area (Å²) in [5.41, 5.74) is 6.69. The number of carbonyl (C=O) groups is 7. The minimum Gasteiger partial charge on any atom is -0.381 e. The predicted octanol–water partition coefficient (Wildman–Crippen LogP) is 6.57. The molecule has 8 N–H and O–H groups in total.